The van der Waals surface area contributed by atoms with Crippen molar-refractivity contribution in [1.29, 1.82) is 0 Å². The summed E-state index contributed by atoms with van der Waals surface area (Å²) in [6.07, 6.45) is 0. The molecule has 2 aromatic carbocycles. The molecule has 2 atom stereocenters. The monoisotopic (exact) mass is 472 g/mol. The van der Waals surface area contributed by atoms with Crippen molar-refractivity contribution in [2.24, 2.45) is 0 Å². The molecular formula is C22H21F5N2O4. The van der Waals surface area contributed by atoms with Crippen molar-refractivity contribution >= 4 is 11.9 Å². The van der Waals surface area contributed by atoms with Gasteiger partial charge in [0.25, 0.3) is 5.91 Å². The maximum absolute atomic E-state index is 14.1. The molecule has 1 heterocycles. The van der Waals surface area contributed by atoms with E-state index in [-0.39, 0.29) is 24.4 Å². The van der Waals surface area contributed by atoms with Crippen molar-refractivity contribution in [2.75, 3.05) is 19.7 Å². The Balaban J connectivity index is 1.67. The molecular weight excluding hydrogens is 451 g/mol. The smallest absolute Gasteiger partial charge is 0.341 e. The molecule has 1 fully saturated rings. The van der Waals surface area contributed by atoms with E-state index in [0.717, 1.165) is 5.56 Å². The van der Waals surface area contributed by atoms with Gasteiger partial charge in [0.1, 0.15) is 11.4 Å². The first-order chi connectivity index (χ1) is 15.5. The van der Waals surface area contributed by atoms with Crippen LogP contribution in [0.1, 0.15) is 29.8 Å². The predicted octanol–water partition coefficient (Wildman–Crippen LogP) is 3.58. The normalized spacial score (nSPS) is 18.9. The molecule has 0 radical (unpaired) electrons. The molecule has 1 aliphatic rings. The van der Waals surface area contributed by atoms with Gasteiger partial charge >= 0.3 is 5.97 Å². The van der Waals surface area contributed by atoms with Gasteiger partial charge in [-0.2, -0.15) is 8.78 Å². The second-order valence-corrected chi connectivity index (χ2v) is 7.85. The van der Waals surface area contributed by atoms with Gasteiger partial charge in [0.2, 0.25) is 11.6 Å². The molecule has 1 N–H and O–H groups in total. The molecule has 33 heavy (non-hydrogen) atoms. The van der Waals surface area contributed by atoms with E-state index in [0.29, 0.717) is 13.1 Å². The SMILES string of the molecule is C[C@@H]1CN(C(=O)COc2c(F)c(F)c(C(=O)O)c(F)c2F)[C@@H](C)CN1Cc1ccc(F)cc1. The molecule has 3 rings (SSSR count). The second-order valence-electron chi connectivity index (χ2n) is 7.85. The molecule has 11 heteroatoms. The van der Waals surface area contributed by atoms with Crippen molar-refractivity contribution in [1.82, 2.24) is 9.80 Å². The standard InChI is InChI=1S/C22H21F5N2O4/c1-11-8-29(12(2)7-28(11)9-13-3-5-14(23)6-4-13)15(30)10-33-21-19(26)17(24)16(22(31)32)18(25)20(21)27/h3-6,11-12H,7-10H2,1-2H3,(H,31,32)/t11-,12+/m1/s1. The number of carbonyl (C=O) groups is 2. The number of piperazine rings is 1. The second kappa shape index (κ2) is 9.74. The lowest BCUT2D eigenvalue weighted by Gasteiger charge is -2.44. The highest BCUT2D eigenvalue weighted by Gasteiger charge is 2.34. The first-order valence-corrected chi connectivity index (χ1v) is 10.0. The van der Waals surface area contributed by atoms with E-state index in [2.05, 4.69) is 4.90 Å². The van der Waals surface area contributed by atoms with Crippen LogP contribution in [0, 0.1) is 29.1 Å². The third-order valence-corrected chi connectivity index (χ3v) is 5.51. The molecule has 178 valence electrons. The van der Waals surface area contributed by atoms with Crippen LogP contribution in [-0.4, -0.2) is 58.6 Å². The summed E-state index contributed by atoms with van der Waals surface area (Å²) in [7, 11) is 0. The van der Waals surface area contributed by atoms with Crippen molar-refractivity contribution in [3.8, 4) is 5.75 Å². The number of aromatic carboxylic acids is 1. The molecule has 0 aromatic heterocycles. The Hall–Kier alpha value is -3.21. The Morgan fingerprint density at radius 3 is 2.06 bits per heavy atom. The van der Waals surface area contributed by atoms with Gasteiger partial charge in [-0.25, -0.2) is 18.0 Å². The minimum Gasteiger partial charge on any atom is -0.477 e. The van der Waals surface area contributed by atoms with Crippen molar-refractivity contribution in [3.05, 3.63) is 64.5 Å². The molecule has 1 saturated heterocycles. The zero-order valence-electron chi connectivity index (χ0n) is 17.7. The van der Waals surface area contributed by atoms with E-state index < -0.39 is 53.1 Å². The van der Waals surface area contributed by atoms with E-state index >= 15 is 0 Å². The molecule has 0 aliphatic carbocycles. The van der Waals surface area contributed by atoms with Crippen LogP contribution in [0.2, 0.25) is 0 Å². The van der Waals surface area contributed by atoms with E-state index in [1.54, 1.807) is 19.1 Å². The number of hydrogen-bond acceptors (Lipinski definition) is 4. The number of carboxylic acids is 1. The van der Waals surface area contributed by atoms with Gasteiger partial charge in [0, 0.05) is 31.7 Å². The fourth-order valence-corrected chi connectivity index (χ4v) is 3.73. The number of rotatable bonds is 6. The number of carbonyl (C=O) groups excluding carboxylic acids is 1. The number of ether oxygens (including phenoxy) is 1. The Labute approximate surface area is 186 Å². The van der Waals surface area contributed by atoms with Gasteiger partial charge < -0.3 is 14.7 Å². The fourth-order valence-electron chi connectivity index (χ4n) is 3.73. The van der Waals surface area contributed by atoms with Gasteiger partial charge in [-0.05, 0) is 31.5 Å². The number of amides is 1. The average molecular weight is 472 g/mol. The molecule has 2 aromatic rings. The lowest BCUT2D eigenvalue weighted by Crippen LogP contribution is -2.58. The van der Waals surface area contributed by atoms with Gasteiger partial charge in [0.05, 0.1) is 0 Å². The number of halogens is 5. The van der Waals surface area contributed by atoms with E-state index in [9.17, 15) is 31.5 Å². The summed E-state index contributed by atoms with van der Waals surface area (Å²) in [6, 6.07) is 5.59. The van der Waals surface area contributed by atoms with Gasteiger partial charge in [-0.3, -0.25) is 9.69 Å². The average Bonchev–Trinajstić information content (AvgIpc) is 2.76. The molecule has 1 amide bonds. The lowest BCUT2D eigenvalue weighted by atomic mass is 10.1. The lowest BCUT2D eigenvalue weighted by molar-refractivity contribution is -0.139. The Morgan fingerprint density at radius 2 is 1.52 bits per heavy atom. The van der Waals surface area contributed by atoms with Crippen LogP contribution in [0.25, 0.3) is 0 Å². The van der Waals surface area contributed by atoms with Crippen molar-refractivity contribution < 1.29 is 41.4 Å². The molecule has 1 aliphatic heterocycles. The minimum atomic E-state index is -2.19. The molecule has 0 spiro atoms. The van der Waals surface area contributed by atoms with Crippen molar-refractivity contribution in [2.45, 2.75) is 32.5 Å². The molecule has 6 nitrogen and oxygen atoms in total. The summed E-state index contributed by atoms with van der Waals surface area (Å²) in [4.78, 5) is 26.9. The highest BCUT2D eigenvalue weighted by molar-refractivity contribution is 5.88. The van der Waals surface area contributed by atoms with Crippen LogP contribution < -0.4 is 4.74 Å². The van der Waals surface area contributed by atoms with E-state index in [4.69, 9.17) is 9.84 Å². The quantitative estimate of drug-likeness (QED) is 0.514. The summed E-state index contributed by atoms with van der Waals surface area (Å²) in [5, 5.41) is 8.72. The first-order valence-electron chi connectivity index (χ1n) is 10.0. The van der Waals surface area contributed by atoms with Crippen LogP contribution in [0.15, 0.2) is 24.3 Å². The largest absolute Gasteiger partial charge is 0.477 e. The van der Waals surface area contributed by atoms with Crippen LogP contribution in [0.3, 0.4) is 0 Å². The summed E-state index contributed by atoms with van der Waals surface area (Å²) in [5.74, 6) is -13.0. The first kappa shape index (κ1) is 24.4. The van der Waals surface area contributed by atoms with Gasteiger partial charge in [-0.1, -0.05) is 12.1 Å². The summed E-state index contributed by atoms with van der Waals surface area (Å²) in [5.41, 5.74) is -0.901. The predicted molar refractivity (Wildman–Crippen MR) is 106 cm³/mol. The maximum Gasteiger partial charge on any atom is 0.341 e. The minimum absolute atomic E-state index is 0.117. The highest BCUT2D eigenvalue weighted by atomic mass is 19.2. The molecule has 0 unspecified atom stereocenters. The third-order valence-electron chi connectivity index (χ3n) is 5.51. The molecule has 0 saturated carbocycles. The van der Waals surface area contributed by atoms with Crippen LogP contribution in [-0.2, 0) is 11.3 Å². The van der Waals surface area contributed by atoms with Crippen LogP contribution in [0.4, 0.5) is 22.0 Å². The zero-order valence-corrected chi connectivity index (χ0v) is 17.7. The number of nitrogens with zero attached hydrogens (tertiary/aromatic N) is 2. The van der Waals surface area contributed by atoms with Gasteiger partial charge in [-0.15, -0.1) is 0 Å². The number of hydrogen-bond donors (Lipinski definition) is 1. The topological polar surface area (TPSA) is 70.1 Å². The van der Waals surface area contributed by atoms with Crippen LogP contribution in [0.5, 0.6) is 5.75 Å². The van der Waals surface area contributed by atoms with E-state index in [1.165, 1.54) is 17.0 Å². The van der Waals surface area contributed by atoms with Crippen LogP contribution >= 0.6 is 0 Å². The van der Waals surface area contributed by atoms with Crippen molar-refractivity contribution in [3.63, 3.8) is 0 Å². The third kappa shape index (κ3) is 5.08. The van der Waals surface area contributed by atoms with Gasteiger partial charge in [0.15, 0.2) is 24.0 Å². The Morgan fingerprint density at radius 1 is 0.939 bits per heavy atom. The Bertz CT molecular complexity index is 1030. The zero-order chi connectivity index (χ0) is 24.4. The fraction of sp³-hybridized carbons (Fsp3) is 0.364. The summed E-state index contributed by atoms with van der Waals surface area (Å²) in [6.45, 7) is 3.93. The highest BCUT2D eigenvalue weighted by Crippen LogP contribution is 2.30. The Kier molecular flexibility index (Phi) is 7.21. The summed E-state index contributed by atoms with van der Waals surface area (Å²) >= 11 is 0. The number of benzene rings is 2. The maximum atomic E-state index is 14.1. The summed E-state index contributed by atoms with van der Waals surface area (Å²) < 4.78 is 73.6. The molecule has 0 bridgehead atoms. The number of carboxylic acid groups (broad SMARTS) is 1. The van der Waals surface area contributed by atoms with E-state index in [1.807, 2.05) is 6.92 Å².